The van der Waals surface area contributed by atoms with Crippen LogP contribution in [0.1, 0.15) is 36.8 Å². The number of benzene rings is 2. The van der Waals surface area contributed by atoms with E-state index >= 15 is 0 Å². The van der Waals surface area contributed by atoms with Gasteiger partial charge in [0.2, 0.25) is 0 Å². The second-order valence-electron chi connectivity index (χ2n) is 6.75. The standard InChI is InChI=1S/C14H21NO.C7H4BrF3/c1-11(8-12-6-7-15-10-12)13-4-3-5-14(9-13)16-2;8-6-4-2-1-3-5(6)7(9,10)11/h3-5,9,11-12,15H,6-8,10H2,1-2H3;1-4H/t11-,12+;/m0./s1. The molecule has 0 unspecified atom stereocenters. The van der Waals surface area contributed by atoms with E-state index in [1.165, 1.54) is 43.6 Å². The molecule has 0 aromatic heterocycles. The van der Waals surface area contributed by atoms with Crippen LogP contribution in [0.15, 0.2) is 53.0 Å². The maximum atomic E-state index is 12.0. The highest BCUT2D eigenvalue weighted by Gasteiger charge is 2.32. The highest BCUT2D eigenvalue weighted by Crippen LogP contribution is 2.34. The molecule has 1 heterocycles. The van der Waals surface area contributed by atoms with Crippen LogP contribution in [0, 0.1) is 5.92 Å². The van der Waals surface area contributed by atoms with E-state index in [1.807, 2.05) is 6.07 Å². The molecule has 2 nitrogen and oxygen atoms in total. The third kappa shape index (κ3) is 6.85. The molecule has 0 saturated carbocycles. The molecule has 1 aliphatic heterocycles. The predicted octanol–water partition coefficient (Wildman–Crippen LogP) is 6.27. The number of methoxy groups -OCH3 is 1. The van der Waals surface area contributed by atoms with Crippen LogP contribution in [0.2, 0.25) is 0 Å². The van der Waals surface area contributed by atoms with Gasteiger partial charge in [-0.2, -0.15) is 13.2 Å². The van der Waals surface area contributed by atoms with E-state index in [2.05, 4.69) is 46.4 Å². The van der Waals surface area contributed by atoms with Crippen LogP contribution in [0.25, 0.3) is 0 Å². The van der Waals surface area contributed by atoms with Crippen LogP contribution < -0.4 is 10.1 Å². The van der Waals surface area contributed by atoms with Crippen molar-refractivity contribution in [3.05, 3.63) is 64.1 Å². The first-order valence-corrected chi connectivity index (χ1v) is 9.77. The SMILES string of the molecule is COc1cccc([C@@H](C)C[C@H]2CCNC2)c1.FC(F)(F)c1ccccc1Br. The quantitative estimate of drug-likeness (QED) is 0.601. The van der Waals surface area contributed by atoms with Gasteiger partial charge in [-0.25, -0.2) is 0 Å². The van der Waals surface area contributed by atoms with Crippen molar-refractivity contribution in [1.82, 2.24) is 5.32 Å². The molecule has 0 spiro atoms. The van der Waals surface area contributed by atoms with Gasteiger partial charge in [0.15, 0.2) is 0 Å². The number of halogens is 4. The molecule has 0 radical (unpaired) electrons. The molecule has 2 aromatic rings. The number of alkyl halides is 3. The molecule has 3 rings (SSSR count). The maximum Gasteiger partial charge on any atom is 0.417 e. The van der Waals surface area contributed by atoms with Crippen molar-refractivity contribution in [1.29, 1.82) is 0 Å². The first-order chi connectivity index (χ1) is 12.8. The molecule has 6 heteroatoms. The summed E-state index contributed by atoms with van der Waals surface area (Å²) in [5, 5.41) is 3.43. The summed E-state index contributed by atoms with van der Waals surface area (Å²) >= 11 is 2.81. The number of rotatable bonds is 4. The molecule has 0 aliphatic carbocycles. The fraction of sp³-hybridized carbons (Fsp3) is 0.429. The second-order valence-corrected chi connectivity index (χ2v) is 7.60. The van der Waals surface area contributed by atoms with Gasteiger partial charge < -0.3 is 10.1 Å². The summed E-state index contributed by atoms with van der Waals surface area (Å²) in [6, 6.07) is 13.7. The Morgan fingerprint density at radius 1 is 1.19 bits per heavy atom. The lowest BCUT2D eigenvalue weighted by molar-refractivity contribution is -0.138. The van der Waals surface area contributed by atoms with E-state index in [-0.39, 0.29) is 4.47 Å². The van der Waals surface area contributed by atoms with Gasteiger partial charge >= 0.3 is 6.18 Å². The fourth-order valence-corrected chi connectivity index (χ4v) is 3.70. The van der Waals surface area contributed by atoms with Crippen LogP contribution >= 0.6 is 15.9 Å². The molecule has 1 saturated heterocycles. The minimum atomic E-state index is -4.26. The van der Waals surface area contributed by atoms with Gasteiger partial charge in [-0.15, -0.1) is 0 Å². The van der Waals surface area contributed by atoms with Crippen molar-refractivity contribution in [2.45, 2.75) is 31.9 Å². The van der Waals surface area contributed by atoms with Crippen LogP contribution in [0.3, 0.4) is 0 Å². The van der Waals surface area contributed by atoms with Crippen molar-refractivity contribution >= 4 is 15.9 Å². The van der Waals surface area contributed by atoms with Crippen LogP contribution in [-0.4, -0.2) is 20.2 Å². The molecule has 2 atom stereocenters. The highest BCUT2D eigenvalue weighted by molar-refractivity contribution is 9.10. The fourth-order valence-electron chi connectivity index (χ4n) is 3.19. The van der Waals surface area contributed by atoms with Gasteiger partial charge in [-0.05, 0) is 67.6 Å². The van der Waals surface area contributed by atoms with Gasteiger partial charge in [-0.1, -0.05) is 47.1 Å². The first kappa shape index (κ1) is 21.8. The summed E-state index contributed by atoms with van der Waals surface area (Å²) in [6.07, 6.45) is -1.66. The molecule has 2 aromatic carbocycles. The summed E-state index contributed by atoms with van der Waals surface area (Å²) in [7, 11) is 1.73. The number of nitrogens with one attached hydrogen (secondary N) is 1. The summed E-state index contributed by atoms with van der Waals surface area (Å²) in [5.74, 6) is 2.44. The summed E-state index contributed by atoms with van der Waals surface area (Å²) in [4.78, 5) is 0. The Labute approximate surface area is 167 Å². The number of hydrogen-bond acceptors (Lipinski definition) is 2. The molecule has 0 amide bonds. The Morgan fingerprint density at radius 2 is 1.93 bits per heavy atom. The van der Waals surface area contributed by atoms with Gasteiger partial charge in [0.1, 0.15) is 5.75 Å². The smallest absolute Gasteiger partial charge is 0.417 e. The molecule has 1 aliphatic rings. The minimum Gasteiger partial charge on any atom is -0.497 e. The molecule has 1 fully saturated rings. The lowest BCUT2D eigenvalue weighted by atomic mass is 9.90. The monoisotopic (exact) mass is 443 g/mol. The Bertz CT molecular complexity index is 715. The zero-order valence-electron chi connectivity index (χ0n) is 15.5. The molecule has 0 bridgehead atoms. The van der Waals surface area contributed by atoms with E-state index < -0.39 is 11.7 Å². The van der Waals surface area contributed by atoms with Gasteiger partial charge in [0.05, 0.1) is 12.7 Å². The third-order valence-corrected chi connectivity index (χ3v) is 5.38. The molecule has 1 N–H and O–H groups in total. The van der Waals surface area contributed by atoms with E-state index in [0.29, 0.717) is 5.92 Å². The van der Waals surface area contributed by atoms with Crippen molar-refractivity contribution in [2.75, 3.05) is 20.2 Å². The summed E-state index contributed by atoms with van der Waals surface area (Å²) < 4.78 is 41.4. The Morgan fingerprint density at radius 3 is 2.48 bits per heavy atom. The molecular weight excluding hydrogens is 419 g/mol. The largest absolute Gasteiger partial charge is 0.497 e. The van der Waals surface area contributed by atoms with Crippen molar-refractivity contribution in [2.24, 2.45) is 5.92 Å². The van der Waals surface area contributed by atoms with Crippen molar-refractivity contribution in [3.63, 3.8) is 0 Å². The zero-order chi connectivity index (χ0) is 19.9. The second kappa shape index (κ2) is 10.1. The normalized spacial score (nSPS) is 17.8. The van der Waals surface area contributed by atoms with Gasteiger partial charge in [0, 0.05) is 4.47 Å². The molecule has 27 heavy (non-hydrogen) atoms. The predicted molar refractivity (Wildman–Crippen MR) is 106 cm³/mol. The highest BCUT2D eigenvalue weighted by atomic mass is 79.9. The van der Waals surface area contributed by atoms with E-state index in [4.69, 9.17) is 4.74 Å². The maximum absolute atomic E-state index is 12.0. The Balaban J connectivity index is 0.000000208. The van der Waals surface area contributed by atoms with Crippen LogP contribution in [-0.2, 0) is 6.18 Å². The van der Waals surface area contributed by atoms with E-state index in [9.17, 15) is 13.2 Å². The average Bonchev–Trinajstić information content (AvgIpc) is 3.15. The van der Waals surface area contributed by atoms with Crippen LogP contribution in [0.5, 0.6) is 5.75 Å². The van der Waals surface area contributed by atoms with Crippen molar-refractivity contribution in [3.8, 4) is 5.75 Å². The van der Waals surface area contributed by atoms with E-state index in [1.54, 1.807) is 13.2 Å². The lowest BCUT2D eigenvalue weighted by Gasteiger charge is -2.16. The van der Waals surface area contributed by atoms with Gasteiger partial charge in [-0.3, -0.25) is 0 Å². The topological polar surface area (TPSA) is 21.3 Å². The molecular formula is C21H25BrF3NO. The Hall–Kier alpha value is -1.53. The third-order valence-electron chi connectivity index (χ3n) is 4.69. The summed E-state index contributed by atoms with van der Waals surface area (Å²) in [6.45, 7) is 4.69. The van der Waals surface area contributed by atoms with E-state index in [0.717, 1.165) is 17.7 Å². The lowest BCUT2D eigenvalue weighted by Crippen LogP contribution is -2.11. The average molecular weight is 444 g/mol. The molecule has 148 valence electrons. The van der Waals surface area contributed by atoms with Crippen LogP contribution in [0.4, 0.5) is 13.2 Å². The number of hydrogen-bond donors (Lipinski definition) is 1. The Kier molecular flexibility index (Phi) is 8.17. The zero-order valence-corrected chi connectivity index (χ0v) is 17.1. The number of ether oxygens (including phenoxy) is 1. The minimum absolute atomic E-state index is 0.0764. The first-order valence-electron chi connectivity index (χ1n) is 8.97. The van der Waals surface area contributed by atoms with Crippen molar-refractivity contribution < 1.29 is 17.9 Å². The summed E-state index contributed by atoms with van der Waals surface area (Å²) in [5.41, 5.74) is 0.756. The van der Waals surface area contributed by atoms with Gasteiger partial charge in [0.25, 0.3) is 0 Å².